The number of aromatic hydroxyl groups is 1. The van der Waals surface area contributed by atoms with Crippen LogP contribution in [0.1, 0.15) is 36.3 Å². The fourth-order valence-electron chi connectivity index (χ4n) is 8.34. The third kappa shape index (κ3) is 4.32. The molecule has 6 atom stereocenters. The van der Waals surface area contributed by atoms with Gasteiger partial charge in [-0.2, -0.15) is 0 Å². The van der Waals surface area contributed by atoms with Crippen molar-refractivity contribution in [1.82, 2.24) is 4.90 Å². The maximum atomic E-state index is 15.1. The van der Waals surface area contributed by atoms with Gasteiger partial charge in [-0.15, -0.1) is 0 Å². The van der Waals surface area contributed by atoms with E-state index < -0.39 is 64.6 Å². The number of fused-ring (bicyclic) bond motifs is 4. The number of phenolic OH excluding ortho intramolecular Hbond substituents is 1. The van der Waals surface area contributed by atoms with Crippen LogP contribution in [0.2, 0.25) is 10.0 Å². The van der Waals surface area contributed by atoms with E-state index in [-0.39, 0.29) is 31.6 Å². The van der Waals surface area contributed by atoms with Crippen LogP contribution in [0.5, 0.6) is 5.75 Å². The SMILES string of the molecule is O=C(O)CCN1C(=O)[C@H]2[C@H](CC=C3[C@H]2C[C@H]2C(=O)N(c4cccc(Cl)c4)C(=O)[C@@]2(c2ccccc2)[C@H]3c2cc(Cl)ccc2O)C1=O. The summed E-state index contributed by atoms with van der Waals surface area (Å²) in [5.41, 5.74) is 0.291. The van der Waals surface area contributed by atoms with Crippen LogP contribution >= 0.6 is 23.2 Å². The van der Waals surface area contributed by atoms with Crippen molar-refractivity contribution in [2.45, 2.75) is 30.6 Å². The van der Waals surface area contributed by atoms with Crippen LogP contribution in [0.3, 0.4) is 0 Å². The molecule has 0 radical (unpaired) electrons. The van der Waals surface area contributed by atoms with E-state index in [2.05, 4.69) is 0 Å². The average Bonchev–Trinajstić information content (AvgIpc) is 3.42. The summed E-state index contributed by atoms with van der Waals surface area (Å²) in [6.45, 7) is -0.252. The highest BCUT2D eigenvalue weighted by Gasteiger charge is 2.70. The summed E-state index contributed by atoms with van der Waals surface area (Å²) in [5, 5.41) is 21.3. The molecular formula is C35H28Cl2N2O7. The van der Waals surface area contributed by atoms with Crippen LogP contribution in [0, 0.1) is 23.7 Å². The number of allylic oxidation sites excluding steroid dienone is 2. The molecule has 3 aromatic carbocycles. The number of likely N-dealkylation sites (tertiary alicyclic amines) is 1. The van der Waals surface area contributed by atoms with Crippen LogP contribution in [0.15, 0.2) is 84.4 Å². The zero-order chi connectivity index (χ0) is 32.5. The van der Waals surface area contributed by atoms with Crippen LogP contribution in [0.4, 0.5) is 5.69 Å². The van der Waals surface area contributed by atoms with Gasteiger partial charge in [-0.05, 0) is 60.7 Å². The van der Waals surface area contributed by atoms with E-state index in [4.69, 9.17) is 23.2 Å². The number of hydrogen-bond acceptors (Lipinski definition) is 6. The van der Waals surface area contributed by atoms with E-state index in [0.717, 1.165) is 9.80 Å². The van der Waals surface area contributed by atoms with E-state index in [1.54, 1.807) is 54.6 Å². The molecule has 0 spiro atoms. The number of carboxylic acid groups (broad SMARTS) is 1. The third-order valence-electron chi connectivity index (χ3n) is 10.1. The highest BCUT2D eigenvalue weighted by molar-refractivity contribution is 6.32. The van der Waals surface area contributed by atoms with Gasteiger partial charge >= 0.3 is 5.97 Å². The molecule has 0 bridgehead atoms. The van der Waals surface area contributed by atoms with Crippen molar-refractivity contribution >= 4 is 58.5 Å². The predicted octanol–water partition coefficient (Wildman–Crippen LogP) is 5.34. The number of hydrogen-bond donors (Lipinski definition) is 2. The van der Waals surface area contributed by atoms with Crippen LogP contribution < -0.4 is 4.90 Å². The summed E-state index contributed by atoms with van der Waals surface area (Å²) in [7, 11) is 0. The van der Waals surface area contributed by atoms with Crippen molar-refractivity contribution in [1.29, 1.82) is 0 Å². The van der Waals surface area contributed by atoms with E-state index >= 15 is 4.79 Å². The molecule has 4 amide bonds. The smallest absolute Gasteiger partial charge is 0.305 e. The first-order valence-corrected chi connectivity index (χ1v) is 15.8. The number of carboxylic acids is 1. The van der Waals surface area contributed by atoms with Gasteiger partial charge in [0.05, 0.1) is 35.3 Å². The molecule has 0 aromatic heterocycles. The van der Waals surface area contributed by atoms with Gasteiger partial charge < -0.3 is 10.2 Å². The predicted molar refractivity (Wildman–Crippen MR) is 168 cm³/mol. The van der Waals surface area contributed by atoms with Crippen molar-refractivity contribution in [2.75, 3.05) is 11.4 Å². The highest BCUT2D eigenvalue weighted by Crippen LogP contribution is 2.65. The number of rotatable bonds is 6. The number of aliphatic carboxylic acids is 1. The van der Waals surface area contributed by atoms with Crippen molar-refractivity contribution in [2.24, 2.45) is 23.7 Å². The Morgan fingerprint density at radius 3 is 2.33 bits per heavy atom. The number of imide groups is 2. The molecule has 3 aromatic rings. The van der Waals surface area contributed by atoms with E-state index in [9.17, 15) is 29.4 Å². The lowest BCUT2D eigenvalue weighted by molar-refractivity contribution is -0.142. The van der Waals surface area contributed by atoms with Crippen molar-refractivity contribution in [3.8, 4) is 5.75 Å². The minimum absolute atomic E-state index is 0.0765. The first-order valence-electron chi connectivity index (χ1n) is 15.0. The summed E-state index contributed by atoms with van der Waals surface area (Å²) < 4.78 is 0. The van der Waals surface area contributed by atoms with Gasteiger partial charge in [-0.3, -0.25) is 28.9 Å². The fraction of sp³-hybridized carbons (Fsp3) is 0.286. The molecule has 2 N–H and O–H groups in total. The first kappa shape index (κ1) is 30.2. The number of nitrogens with zero attached hydrogens (tertiary/aromatic N) is 2. The zero-order valence-corrected chi connectivity index (χ0v) is 25.8. The first-order chi connectivity index (χ1) is 22.0. The van der Waals surface area contributed by atoms with Crippen molar-refractivity contribution in [3.05, 3.63) is 106 Å². The van der Waals surface area contributed by atoms with E-state index in [1.165, 1.54) is 12.1 Å². The number of phenols is 1. The third-order valence-corrected chi connectivity index (χ3v) is 10.6. The summed E-state index contributed by atoms with van der Waals surface area (Å²) in [6.07, 6.45) is 1.73. The van der Waals surface area contributed by atoms with Crippen molar-refractivity contribution < 1.29 is 34.2 Å². The molecule has 2 heterocycles. The van der Waals surface area contributed by atoms with Crippen LogP contribution in [-0.2, 0) is 29.4 Å². The second kappa shape index (κ2) is 11.1. The van der Waals surface area contributed by atoms with E-state index in [0.29, 0.717) is 32.4 Å². The van der Waals surface area contributed by atoms with Gasteiger partial charge in [-0.25, -0.2) is 4.90 Å². The molecule has 3 fully saturated rings. The molecule has 0 unspecified atom stereocenters. The average molecular weight is 660 g/mol. The Morgan fingerprint density at radius 1 is 0.870 bits per heavy atom. The Kier molecular flexibility index (Phi) is 7.29. The number of halogens is 2. The van der Waals surface area contributed by atoms with Crippen LogP contribution in [0.25, 0.3) is 0 Å². The molecule has 2 aliphatic carbocycles. The Bertz CT molecular complexity index is 1860. The number of amides is 4. The number of carbonyl (C=O) groups is 5. The standard InChI is InChI=1S/C35H28Cl2N2O7/c36-19-7-4-8-21(15-19)39-32(44)26-17-24-22(10-11-23-29(24)33(45)38(31(23)43)14-13-28(41)42)30(25-16-20(37)9-12-27(25)40)35(26,34(39)46)18-5-2-1-3-6-18/h1-10,12,15-16,23-24,26,29-30,40H,11,13-14,17H2,(H,41,42)/t23-,24+,26-,29-,30+,35+/m0/s1. The van der Waals surface area contributed by atoms with Gasteiger partial charge in [0.25, 0.3) is 0 Å². The normalized spacial score (nSPS) is 28.6. The molecular weight excluding hydrogens is 631 g/mol. The van der Waals surface area contributed by atoms with Crippen molar-refractivity contribution in [3.63, 3.8) is 0 Å². The number of carbonyl (C=O) groups excluding carboxylic acids is 4. The molecule has 1 saturated carbocycles. The molecule has 2 saturated heterocycles. The van der Waals surface area contributed by atoms with Crippen LogP contribution in [-0.4, -0.2) is 51.3 Å². The maximum absolute atomic E-state index is 15.1. The summed E-state index contributed by atoms with van der Waals surface area (Å²) in [6, 6.07) is 20.0. The molecule has 2 aliphatic heterocycles. The molecule has 11 heteroatoms. The Labute approximate surface area is 274 Å². The Hall–Kier alpha value is -4.47. The molecule has 46 heavy (non-hydrogen) atoms. The Balaban J connectivity index is 1.47. The lowest BCUT2D eigenvalue weighted by Gasteiger charge is -2.50. The topological polar surface area (TPSA) is 132 Å². The van der Waals surface area contributed by atoms with Gasteiger partial charge in [-0.1, -0.05) is 71.2 Å². The highest BCUT2D eigenvalue weighted by atomic mass is 35.5. The molecule has 9 nitrogen and oxygen atoms in total. The minimum Gasteiger partial charge on any atom is -0.508 e. The fourth-order valence-corrected chi connectivity index (χ4v) is 8.70. The lowest BCUT2D eigenvalue weighted by atomic mass is 9.49. The van der Waals surface area contributed by atoms with E-state index in [1.807, 2.05) is 12.1 Å². The summed E-state index contributed by atoms with van der Waals surface area (Å²) in [4.78, 5) is 70.7. The van der Waals surface area contributed by atoms with Gasteiger partial charge in [0.15, 0.2) is 0 Å². The van der Waals surface area contributed by atoms with Gasteiger partial charge in [0.1, 0.15) is 5.75 Å². The number of benzene rings is 3. The summed E-state index contributed by atoms with van der Waals surface area (Å²) >= 11 is 12.8. The minimum atomic E-state index is -1.55. The summed E-state index contributed by atoms with van der Waals surface area (Å²) in [5.74, 6) is -7.35. The molecule has 234 valence electrons. The zero-order valence-electron chi connectivity index (χ0n) is 24.3. The second-order valence-electron chi connectivity index (χ2n) is 12.3. The molecule has 7 rings (SSSR count). The lowest BCUT2D eigenvalue weighted by Crippen LogP contribution is -2.53. The number of anilines is 1. The maximum Gasteiger partial charge on any atom is 0.305 e. The van der Waals surface area contributed by atoms with Gasteiger partial charge in [0, 0.05) is 28.1 Å². The quantitative estimate of drug-likeness (QED) is 0.270. The largest absolute Gasteiger partial charge is 0.508 e. The van der Waals surface area contributed by atoms with Gasteiger partial charge in [0.2, 0.25) is 23.6 Å². The monoisotopic (exact) mass is 658 g/mol. The molecule has 4 aliphatic rings. The Morgan fingerprint density at radius 2 is 1.61 bits per heavy atom. The second-order valence-corrected chi connectivity index (χ2v) is 13.1.